The molecule has 1 amide bonds. The maximum Gasteiger partial charge on any atom is 0.253 e. The maximum atomic E-state index is 12.5. The van der Waals surface area contributed by atoms with Crippen LogP contribution in [0.3, 0.4) is 0 Å². The number of carbonyl (C=O) groups is 1. The molecule has 0 aliphatic carbocycles. The lowest BCUT2D eigenvalue weighted by atomic mass is 10.1. The fourth-order valence-corrected chi connectivity index (χ4v) is 2.76. The van der Waals surface area contributed by atoms with Crippen molar-refractivity contribution < 1.29 is 4.79 Å². The van der Waals surface area contributed by atoms with Crippen molar-refractivity contribution in [3.8, 4) is 0 Å². The monoisotopic (exact) mass is 449 g/mol. The highest BCUT2D eigenvalue weighted by atomic mass is 35.6. The molecule has 0 aliphatic heterocycles. The van der Waals surface area contributed by atoms with Crippen molar-refractivity contribution in [2.75, 3.05) is 5.32 Å². The van der Waals surface area contributed by atoms with Gasteiger partial charge < -0.3 is 16.0 Å². The largest absolute Gasteiger partial charge is 0.339 e. The van der Waals surface area contributed by atoms with Crippen molar-refractivity contribution in [2.24, 2.45) is 0 Å². The summed E-state index contributed by atoms with van der Waals surface area (Å²) in [5, 5.41) is 9.15. The Bertz CT molecular complexity index is 793. The van der Waals surface area contributed by atoms with Crippen molar-refractivity contribution in [1.82, 2.24) is 10.6 Å². The number of hydrogen-bond donors (Lipinski definition) is 3. The molecular weight excluding hydrogens is 436 g/mol. The van der Waals surface area contributed by atoms with Crippen LogP contribution in [0.1, 0.15) is 15.9 Å². The van der Waals surface area contributed by atoms with Gasteiger partial charge in [-0.2, -0.15) is 0 Å². The molecule has 2 aromatic rings. The third kappa shape index (κ3) is 6.18. The first kappa shape index (κ1) is 21.1. The molecule has 0 saturated heterocycles. The van der Waals surface area contributed by atoms with E-state index in [1.54, 1.807) is 36.4 Å². The number of rotatable bonds is 4. The zero-order valence-electron chi connectivity index (χ0n) is 13.5. The van der Waals surface area contributed by atoms with Gasteiger partial charge in [-0.25, -0.2) is 0 Å². The molecule has 0 fully saturated rings. The molecule has 1 atom stereocenters. The maximum absolute atomic E-state index is 12.5. The summed E-state index contributed by atoms with van der Waals surface area (Å²) in [5.41, 5.74) is 1.97. The standard InChI is InChI=1S/C17H15Cl4N3OS/c1-10-4-2-3-5-13(10)14(25)23-15(17(19,20)21)24-16(26)22-12-8-6-11(18)7-9-12/h2-9,15H,1H3,(H,23,25)(H2,22,24,26)/t15-/m1/s1. The Kier molecular flexibility index (Phi) is 7.38. The number of nitrogens with one attached hydrogen (secondary N) is 3. The van der Waals surface area contributed by atoms with E-state index in [9.17, 15) is 4.79 Å². The lowest BCUT2D eigenvalue weighted by Crippen LogP contribution is -2.56. The van der Waals surface area contributed by atoms with E-state index in [0.717, 1.165) is 5.56 Å². The van der Waals surface area contributed by atoms with Crippen LogP contribution in [-0.2, 0) is 0 Å². The molecule has 2 aromatic carbocycles. The second kappa shape index (κ2) is 9.11. The number of alkyl halides is 3. The molecule has 0 heterocycles. The van der Waals surface area contributed by atoms with Crippen molar-refractivity contribution in [3.05, 3.63) is 64.7 Å². The van der Waals surface area contributed by atoms with Gasteiger partial charge in [0.2, 0.25) is 3.79 Å². The smallest absolute Gasteiger partial charge is 0.253 e. The van der Waals surface area contributed by atoms with Gasteiger partial charge in [0.15, 0.2) is 5.11 Å². The van der Waals surface area contributed by atoms with Gasteiger partial charge in [-0.15, -0.1) is 0 Å². The zero-order chi connectivity index (χ0) is 19.3. The summed E-state index contributed by atoms with van der Waals surface area (Å²) in [6.45, 7) is 1.82. The Morgan fingerprint density at radius 1 is 1.04 bits per heavy atom. The van der Waals surface area contributed by atoms with Crippen molar-refractivity contribution in [3.63, 3.8) is 0 Å². The molecule has 0 unspecified atom stereocenters. The predicted octanol–water partition coefficient (Wildman–Crippen LogP) is 5.06. The van der Waals surface area contributed by atoms with E-state index >= 15 is 0 Å². The first-order valence-corrected chi connectivity index (χ1v) is 9.35. The second-order valence-electron chi connectivity index (χ2n) is 5.37. The van der Waals surface area contributed by atoms with Crippen LogP contribution in [0.15, 0.2) is 48.5 Å². The molecule has 3 N–H and O–H groups in total. The highest BCUT2D eigenvalue weighted by Gasteiger charge is 2.35. The van der Waals surface area contributed by atoms with Crippen molar-refractivity contribution in [2.45, 2.75) is 16.9 Å². The minimum Gasteiger partial charge on any atom is -0.339 e. The van der Waals surface area contributed by atoms with Gasteiger partial charge in [0, 0.05) is 16.3 Å². The number of hydrogen-bond acceptors (Lipinski definition) is 2. The molecule has 0 aromatic heterocycles. The molecule has 0 bridgehead atoms. The van der Waals surface area contributed by atoms with Gasteiger partial charge in [0.1, 0.15) is 6.17 Å². The number of thiocarbonyl (C=S) groups is 1. The van der Waals surface area contributed by atoms with Crippen LogP contribution in [0, 0.1) is 6.92 Å². The first-order valence-electron chi connectivity index (χ1n) is 7.43. The van der Waals surface area contributed by atoms with Crippen LogP contribution < -0.4 is 16.0 Å². The van der Waals surface area contributed by atoms with E-state index in [1.165, 1.54) is 0 Å². The highest BCUT2D eigenvalue weighted by molar-refractivity contribution is 7.80. The van der Waals surface area contributed by atoms with Gasteiger partial charge in [-0.3, -0.25) is 4.79 Å². The summed E-state index contributed by atoms with van der Waals surface area (Å²) in [4.78, 5) is 12.5. The number of carbonyl (C=O) groups excluding carboxylic acids is 1. The van der Waals surface area contributed by atoms with Gasteiger partial charge >= 0.3 is 0 Å². The van der Waals surface area contributed by atoms with E-state index in [1.807, 2.05) is 19.1 Å². The quantitative estimate of drug-likeness (QED) is 0.346. The summed E-state index contributed by atoms with van der Waals surface area (Å²) in [5.74, 6) is -0.388. The number of anilines is 1. The van der Waals surface area contributed by atoms with E-state index in [4.69, 9.17) is 58.6 Å². The van der Waals surface area contributed by atoms with Crippen LogP contribution in [0.4, 0.5) is 5.69 Å². The Hall–Kier alpha value is -1.24. The SMILES string of the molecule is Cc1ccccc1C(=O)N[C@H](NC(=S)Nc1ccc(Cl)cc1)C(Cl)(Cl)Cl. The average Bonchev–Trinajstić information content (AvgIpc) is 2.56. The lowest BCUT2D eigenvalue weighted by molar-refractivity contribution is 0.0934. The van der Waals surface area contributed by atoms with Crippen LogP contribution in [0.25, 0.3) is 0 Å². The zero-order valence-corrected chi connectivity index (χ0v) is 17.4. The molecular formula is C17H15Cl4N3OS. The Labute approximate surface area is 177 Å². The van der Waals surface area contributed by atoms with Crippen LogP contribution >= 0.6 is 58.6 Å². The van der Waals surface area contributed by atoms with E-state index < -0.39 is 9.96 Å². The van der Waals surface area contributed by atoms with Gasteiger partial charge in [0.05, 0.1) is 0 Å². The summed E-state index contributed by atoms with van der Waals surface area (Å²) in [7, 11) is 0. The van der Waals surface area contributed by atoms with Crippen LogP contribution in [-0.4, -0.2) is 21.0 Å². The molecule has 26 heavy (non-hydrogen) atoms. The Morgan fingerprint density at radius 3 is 2.23 bits per heavy atom. The second-order valence-corrected chi connectivity index (χ2v) is 8.58. The van der Waals surface area contributed by atoms with E-state index in [2.05, 4.69) is 16.0 Å². The molecule has 0 aliphatic rings. The topological polar surface area (TPSA) is 53.2 Å². The van der Waals surface area contributed by atoms with Crippen LogP contribution in [0.5, 0.6) is 0 Å². The normalized spacial score (nSPS) is 12.2. The summed E-state index contributed by atoms with van der Waals surface area (Å²) in [6.07, 6.45) is -1.05. The summed E-state index contributed by atoms with van der Waals surface area (Å²) >= 11 is 29.0. The van der Waals surface area contributed by atoms with E-state index in [-0.39, 0.29) is 11.0 Å². The van der Waals surface area contributed by atoms with Gasteiger partial charge in [0.25, 0.3) is 5.91 Å². The fraction of sp³-hybridized carbons (Fsp3) is 0.176. The van der Waals surface area contributed by atoms with Crippen molar-refractivity contribution >= 4 is 75.3 Å². The number of benzene rings is 2. The molecule has 0 spiro atoms. The van der Waals surface area contributed by atoms with Gasteiger partial charge in [-0.05, 0) is 55.0 Å². The third-order valence-electron chi connectivity index (χ3n) is 3.37. The first-order chi connectivity index (χ1) is 12.2. The number of halogens is 4. The fourth-order valence-electron chi connectivity index (χ4n) is 2.07. The minimum absolute atomic E-state index is 0.175. The Morgan fingerprint density at radius 2 is 1.65 bits per heavy atom. The van der Waals surface area contributed by atoms with Gasteiger partial charge in [-0.1, -0.05) is 64.6 Å². The molecule has 9 heteroatoms. The highest BCUT2D eigenvalue weighted by Crippen LogP contribution is 2.29. The van der Waals surface area contributed by atoms with Crippen molar-refractivity contribution in [1.29, 1.82) is 0 Å². The number of amides is 1. The molecule has 0 radical (unpaired) electrons. The van der Waals surface area contributed by atoms with Crippen LogP contribution in [0.2, 0.25) is 5.02 Å². The minimum atomic E-state index is -1.83. The number of aryl methyl sites for hydroxylation is 1. The third-order valence-corrected chi connectivity index (χ3v) is 4.50. The Balaban J connectivity index is 2.07. The molecule has 4 nitrogen and oxygen atoms in total. The lowest BCUT2D eigenvalue weighted by Gasteiger charge is -2.28. The summed E-state index contributed by atoms with van der Waals surface area (Å²) < 4.78 is -1.83. The molecule has 2 rings (SSSR count). The van der Waals surface area contributed by atoms with E-state index in [0.29, 0.717) is 16.3 Å². The predicted molar refractivity (Wildman–Crippen MR) is 114 cm³/mol. The summed E-state index contributed by atoms with van der Waals surface area (Å²) in [6, 6.07) is 14.0. The molecule has 0 saturated carbocycles. The molecule has 138 valence electrons. The average molecular weight is 451 g/mol.